The normalized spacial score (nSPS) is 11.9. The number of amides is 1. The predicted molar refractivity (Wildman–Crippen MR) is 100 cm³/mol. The molecule has 0 aliphatic heterocycles. The van der Waals surface area contributed by atoms with Crippen molar-refractivity contribution in [3.8, 4) is 0 Å². The van der Waals surface area contributed by atoms with Gasteiger partial charge in [-0.15, -0.1) is 5.10 Å². The molecule has 8 heteroatoms. The minimum Gasteiger partial charge on any atom is -0.548 e. The molecule has 0 fully saturated rings. The van der Waals surface area contributed by atoms with E-state index in [9.17, 15) is 19.5 Å². The molecule has 1 aromatic heterocycles. The van der Waals surface area contributed by atoms with E-state index in [-0.39, 0.29) is 24.9 Å². The van der Waals surface area contributed by atoms with E-state index >= 15 is 0 Å². The summed E-state index contributed by atoms with van der Waals surface area (Å²) in [7, 11) is 0. The lowest BCUT2D eigenvalue weighted by atomic mass is 10.1. The summed E-state index contributed by atoms with van der Waals surface area (Å²) in [5.74, 6) is -1.76. The smallest absolute Gasteiger partial charge is 0.277 e. The molecule has 1 N–H and O–H groups in total. The molecular formula is C20H19N4O4-. The van der Waals surface area contributed by atoms with Gasteiger partial charge in [-0.05, 0) is 30.5 Å². The highest BCUT2D eigenvalue weighted by Gasteiger charge is 2.14. The molecule has 0 aliphatic rings. The number of fused-ring (bicyclic) bond motifs is 1. The van der Waals surface area contributed by atoms with Crippen molar-refractivity contribution in [2.24, 2.45) is 0 Å². The zero-order valence-corrected chi connectivity index (χ0v) is 15.1. The molecule has 0 spiro atoms. The number of benzene rings is 2. The van der Waals surface area contributed by atoms with Gasteiger partial charge in [0.2, 0.25) is 5.91 Å². The number of carbonyl (C=O) groups excluding carboxylic acids is 2. The third-order valence-electron chi connectivity index (χ3n) is 4.31. The molecule has 1 atom stereocenters. The van der Waals surface area contributed by atoms with Crippen molar-refractivity contribution < 1.29 is 14.7 Å². The van der Waals surface area contributed by atoms with E-state index in [1.807, 2.05) is 6.07 Å². The first kappa shape index (κ1) is 19.2. The van der Waals surface area contributed by atoms with Crippen LogP contribution in [0.5, 0.6) is 0 Å². The van der Waals surface area contributed by atoms with E-state index in [0.717, 1.165) is 5.56 Å². The number of carboxylic acids is 1. The topological polar surface area (TPSA) is 117 Å². The first-order valence-corrected chi connectivity index (χ1v) is 8.91. The van der Waals surface area contributed by atoms with Gasteiger partial charge in [0.25, 0.3) is 5.56 Å². The summed E-state index contributed by atoms with van der Waals surface area (Å²) < 4.78 is 1.20. The van der Waals surface area contributed by atoms with Crippen LogP contribution in [0.2, 0.25) is 0 Å². The standard InChI is InChI=1S/C20H20N4O4/c25-18(21-17(20(27)28)13-14-7-2-1-3-8-14)11-6-12-24-19(26)15-9-4-5-10-16(15)22-23-24/h1-5,7-10,17H,6,11-13H2,(H,21,25)(H,27,28)/p-1/t17-/m0/s1. The van der Waals surface area contributed by atoms with E-state index in [1.165, 1.54) is 4.68 Å². The molecule has 2 aromatic carbocycles. The average molecular weight is 379 g/mol. The molecule has 0 aliphatic carbocycles. The van der Waals surface area contributed by atoms with E-state index < -0.39 is 17.9 Å². The monoisotopic (exact) mass is 379 g/mol. The van der Waals surface area contributed by atoms with Crippen LogP contribution in [0.1, 0.15) is 18.4 Å². The molecule has 3 rings (SSSR count). The van der Waals surface area contributed by atoms with Gasteiger partial charge >= 0.3 is 0 Å². The molecule has 28 heavy (non-hydrogen) atoms. The summed E-state index contributed by atoms with van der Waals surface area (Å²) in [6, 6.07) is 14.8. The predicted octanol–water partition coefficient (Wildman–Crippen LogP) is 0.0491. The molecule has 1 amide bonds. The fraction of sp³-hybridized carbons (Fsp3) is 0.250. The van der Waals surface area contributed by atoms with Crippen LogP contribution in [-0.2, 0) is 22.6 Å². The second kappa shape index (κ2) is 8.90. The second-order valence-corrected chi connectivity index (χ2v) is 6.37. The van der Waals surface area contributed by atoms with E-state index in [0.29, 0.717) is 17.3 Å². The number of hydrogen-bond donors (Lipinski definition) is 1. The van der Waals surface area contributed by atoms with E-state index in [1.54, 1.807) is 48.5 Å². The van der Waals surface area contributed by atoms with Gasteiger partial charge in [0, 0.05) is 13.0 Å². The summed E-state index contributed by atoms with van der Waals surface area (Å²) in [5.41, 5.74) is 1.02. The van der Waals surface area contributed by atoms with Gasteiger partial charge in [-0.2, -0.15) is 0 Å². The molecular weight excluding hydrogens is 360 g/mol. The number of aryl methyl sites for hydroxylation is 1. The van der Waals surface area contributed by atoms with Crippen LogP contribution in [0.4, 0.5) is 0 Å². The Labute approximate surface area is 160 Å². The molecule has 144 valence electrons. The minimum atomic E-state index is -1.34. The number of nitrogens with one attached hydrogen (secondary N) is 1. The summed E-state index contributed by atoms with van der Waals surface area (Å²) >= 11 is 0. The number of carboxylic acid groups (broad SMARTS) is 1. The summed E-state index contributed by atoms with van der Waals surface area (Å²) in [5, 5.41) is 22.1. The lowest BCUT2D eigenvalue weighted by Crippen LogP contribution is -2.49. The quantitative estimate of drug-likeness (QED) is 0.591. The Morgan fingerprint density at radius 1 is 1.07 bits per heavy atom. The summed E-state index contributed by atoms with van der Waals surface area (Å²) in [6.45, 7) is 0.207. The Balaban J connectivity index is 1.55. The average Bonchev–Trinajstić information content (AvgIpc) is 2.70. The molecule has 1 heterocycles. The maximum absolute atomic E-state index is 12.3. The molecule has 0 bridgehead atoms. The lowest BCUT2D eigenvalue weighted by molar-refractivity contribution is -0.308. The van der Waals surface area contributed by atoms with Crippen LogP contribution in [-0.4, -0.2) is 32.9 Å². The molecule has 8 nitrogen and oxygen atoms in total. The highest BCUT2D eigenvalue weighted by Crippen LogP contribution is 2.05. The maximum atomic E-state index is 12.3. The highest BCUT2D eigenvalue weighted by atomic mass is 16.4. The molecule has 0 saturated carbocycles. The highest BCUT2D eigenvalue weighted by molar-refractivity contribution is 5.82. The fourth-order valence-electron chi connectivity index (χ4n) is 2.87. The van der Waals surface area contributed by atoms with E-state index in [4.69, 9.17) is 0 Å². The number of aromatic nitrogens is 3. The number of nitrogens with zero attached hydrogens (tertiary/aromatic N) is 3. The third-order valence-corrected chi connectivity index (χ3v) is 4.31. The van der Waals surface area contributed by atoms with Gasteiger partial charge in [0.15, 0.2) is 0 Å². The van der Waals surface area contributed by atoms with Gasteiger partial charge in [-0.3, -0.25) is 9.59 Å². The first-order chi connectivity index (χ1) is 13.5. The second-order valence-electron chi connectivity index (χ2n) is 6.37. The minimum absolute atomic E-state index is 0.0551. The number of rotatable bonds is 8. The molecule has 3 aromatic rings. The van der Waals surface area contributed by atoms with Crippen molar-refractivity contribution in [2.45, 2.75) is 31.8 Å². The molecule has 0 radical (unpaired) electrons. The van der Waals surface area contributed by atoms with Gasteiger partial charge in [-0.25, -0.2) is 4.68 Å². The van der Waals surface area contributed by atoms with Gasteiger partial charge in [0.1, 0.15) is 5.52 Å². The van der Waals surface area contributed by atoms with Crippen LogP contribution in [0.25, 0.3) is 10.9 Å². The number of hydrogen-bond acceptors (Lipinski definition) is 6. The van der Waals surface area contributed by atoms with Crippen LogP contribution >= 0.6 is 0 Å². The maximum Gasteiger partial charge on any atom is 0.277 e. The fourth-order valence-corrected chi connectivity index (χ4v) is 2.87. The van der Waals surface area contributed by atoms with Crippen molar-refractivity contribution in [1.29, 1.82) is 0 Å². The first-order valence-electron chi connectivity index (χ1n) is 8.91. The van der Waals surface area contributed by atoms with Crippen molar-refractivity contribution in [3.05, 3.63) is 70.5 Å². The largest absolute Gasteiger partial charge is 0.548 e. The molecule has 0 saturated heterocycles. The Bertz CT molecular complexity index is 1030. The summed E-state index contributed by atoms with van der Waals surface area (Å²) in [4.78, 5) is 35.8. The van der Waals surface area contributed by atoms with Crippen LogP contribution in [0.3, 0.4) is 0 Å². The Kier molecular flexibility index (Phi) is 6.11. The van der Waals surface area contributed by atoms with Gasteiger partial charge < -0.3 is 15.2 Å². The SMILES string of the molecule is O=C(CCCn1nnc2ccccc2c1=O)N[C@@H](Cc1ccccc1)C(=O)[O-]. The summed E-state index contributed by atoms with van der Waals surface area (Å²) in [6.07, 6.45) is 0.522. The Hall–Kier alpha value is -3.55. The van der Waals surface area contributed by atoms with Gasteiger partial charge in [-0.1, -0.05) is 47.7 Å². The lowest BCUT2D eigenvalue weighted by Gasteiger charge is -2.20. The molecule has 0 unspecified atom stereocenters. The zero-order chi connectivity index (χ0) is 19.9. The third kappa shape index (κ3) is 4.79. The number of carbonyl (C=O) groups is 2. The zero-order valence-electron chi connectivity index (χ0n) is 15.1. The Morgan fingerprint density at radius 3 is 2.54 bits per heavy atom. The van der Waals surface area contributed by atoms with Crippen molar-refractivity contribution >= 4 is 22.8 Å². The number of aliphatic carboxylic acids is 1. The Morgan fingerprint density at radius 2 is 1.79 bits per heavy atom. The van der Waals surface area contributed by atoms with E-state index in [2.05, 4.69) is 15.6 Å². The van der Waals surface area contributed by atoms with Crippen molar-refractivity contribution in [3.63, 3.8) is 0 Å². The van der Waals surface area contributed by atoms with Gasteiger partial charge in [0.05, 0.1) is 17.4 Å². The van der Waals surface area contributed by atoms with Crippen LogP contribution in [0.15, 0.2) is 59.4 Å². The van der Waals surface area contributed by atoms with Crippen LogP contribution in [0, 0.1) is 0 Å². The van der Waals surface area contributed by atoms with Crippen molar-refractivity contribution in [1.82, 2.24) is 20.3 Å². The van der Waals surface area contributed by atoms with Crippen LogP contribution < -0.4 is 16.0 Å². The van der Waals surface area contributed by atoms with Crippen molar-refractivity contribution in [2.75, 3.05) is 0 Å².